The molecular weight excluding hydrogens is 172 g/mol. The Morgan fingerprint density at radius 3 is 2.71 bits per heavy atom. The topological polar surface area (TPSA) is 15.3 Å². The van der Waals surface area contributed by atoms with E-state index in [-0.39, 0.29) is 0 Å². The van der Waals surface area contributed by atoms with Crippen LogP contribution in [0.15, 0.2) is 0 Å². The largest absolute Gasteiger partial charge is 0.312 e. The fraction of sp³-hybridized carbons (Fsp3) is 1.00. The fourth-order valence-electron chi connectivity index (χ4n) is 2.27. The molecule has 0 aromatic carbocycles. The Morgan fingerprint density at radius 1 is 1.50 bits per heavy atom. The summed E-state index contributed by atoms with van der Waals surface area (Å²) in [7, 11) is 2.26. The molecule has 1 heterocycles. The lowest BCUT2D eigenvalue weighted by Gasteiger charge is -2.29. The van der Waals surface area contributed by atoms with Gasteiger partial charge in [0, 0.05) is 18.6 Å². The monoisotopic (exact) mass is 198 g/mol. The molecule has 0 aromatic rings. The van der Waals surface area contributed by atoms with Gasteiger partial charge in [-0.3, -0.25) is 0 Å². The molecule has 2 nitrogen and oxygen atoms in total. The molecule has 0 radical (unpaired) electrons. The highest BCUT2D eigenvalue weighted by molar-refractivity contribution is 4.83. The molecule has 0 saturated carbocycles. The van der Waals surface area contributed by atoms with Crippen LogP contribution in [-0.2, 0) is 0 Å². The number of hydrogen-bond acceptors (Lipinski definition) is 2. The summed E-state index contributed by atoms with van der Waals surface area (Å²) in [5, 5.41) is 3.59. The second kappa shape index (κ2) is 5.72. The fourth-order valence-corrected chi connectivity index (χ4v) is 2.27. The van der Waals surface area contributed by atoms with Gasteiger partial charge in [0.1, 0.15) is 0 Å². The Balaban J connectivity index is 2.28. The minimum absolute atomic E-state index is 0.722. The highest BCUT2D eigenvalue weighted by atomic mass is 15.2. The van der Waals surface area contributed by atoms with Gasteiger partial charge in [-0.05, 0) is 39.3 Å². The molecule has 2 heteroatoms. The minimum Gasteiger partial charge on any atom is -0.312 e. The van der Waals surface area contributed by atoms with Crippen LogP contribution in [0.2, 0.25) is 0 Å². The summed E-state index contributed by atoms with van der Waals surface area (Å²) in [5.41, 5.74) is 0. The van der Waals surface area contributed by atoms with Crippen molar-refractivity contribution in [1.82, 2.24) is 10.2 Å². The van der Waals surface area contributed by atoms with Crippen LogP contribution in [-0.4, -0.2) is 37.1 Å². The van der Waals surface area contributed by atoms with Crippen LogP contribution >= 0.6 is 0 Å². The summed E-state index contributed by atoms with van der Waals surface area (Å²) in [6.07, 6.45) is 3.96. The van der Waals surface area contributed by atoms with Crippen LogP contribution in [0, 0.1) is 5.92 Å². The molecule has 1 fully saturated rings. The summed E-state index contributed by atoms with van der Waals surface area (Å²) >= 11 is 0. The van der Waals surface area contributed by atoms with E-state index in [9.17, 15) is 0 Å². The SMILES string of the molecule is CCCC(C)N(C)CC1NCCC1C. The maximum Gasteiger partial charge on any atom is 0.0221 e. The Morgan fingerprint density at radius 2 is 2.21 bits per heavy atom. The molecule has 1 N–H and O–H groups in total. The first kappa shape index (κ1) is 12.0. The molecule has 0 amide bonds. The van der Waals surface area contributed by atoms with E-state index in [4.69, 9.17) is 0 Å². The van der Waals surface area contributed by atoms with Crippen LogP contribution in [0.4, 0.5) is 0 Å². The minimum atomic E-state index is 0.722. The van der Waals surface area contributed by atoms with Crippen LogP contribution in [0.5, 0.6) is 0 Å². The quantitative estimate of drug-likeness (QED) is 0.728. The highest BCUT2D eigenvalue weighted by Crippen LogP contribution is 2.16. The van der Waals surface area contributed by atoms with Gasteiger partial charge < -0.3 is 10.2 Å². The number of likely N-dealkylation sites (N-methyl/N-ethyl adjacent to an activating group) is 1. The number of hydrogen-bond donors (Lipinski definition) is 1. The molecule has 3 atom stereocenters. The third-order valence-electron chi connectivity index (χ3n) is 3.64. The lowest BCUT2D eigenvalue weighted by molar-refractivity contribution is 0.212. The molecule has 1 aliphatic heterocycles. The molecule has 1 saturated heterocycles. The average Bonchev–Trinajstić information content (AvgIpc) is 2.52. The predicted molar refractivity (Wildman–Crippen MR) is 62.6 cm³/mol. The van der Waals surface area contributed by atoms with Gasteiger partial charge in [-0.1, -0.05) is 20.3 Å². The van der Waals surface area contributed by atoms with Crippen molar-refractivity contribution in [2.24, 2.45) is 5.92 Å². The number of nitrogens with one attached hydrogen (secondary N) is 1. The van der Waals surface area contributed by atoms with E-state index in [2.05, 4.69) is 38.0 Å². The van der Waals surface area contributed by atoms with Crippen molar-refractivity contribution >= 4 is 0 Å². The van der Waals surface area contributed by atoms with Gasteiger partial charge >= 0.3 is 0 Å². The summed E-state index contributed by atoms with van der Waals surface area (Å²) in [4.78, 5) is 2.50. The molecule has 84 valence electrons. The van der Waals surface area contributed by atoms with Crippen molar-refractivity contribution in [3.63, 3.8) is 0 Å². The average molecular weight is 198 g/mol. The standard InChI is InChI=1S/C12H26N2/c1-5-6-11(3)14(4)9-12-10(2)7-8-13-12/h10-13H,5-9H2,1-4H3. The smallest absolute Gasteiger partial charge is 0.0221 e. The molecule has 0 bridgehead atoms. The lowest BCUT2D eigenvalue weighted by Crippen LogP contribution is -2.41. The van der Waals surface area contributed by atoms with E-state index >= 15 is 0 Å². The highest BCUT2D eigenvalue weighted by Gasteiger charge is 2.24. The van der Waals surface area contributed by atoms with Gasteiger partial charge in [-0.25, -0.2) is 0 Å². The van der Waals surface area contributed by atoms with Crippen molar-refractivity contribution in [2.75, 3.05) is 20.1 Å². The van der Waals surface area contributed by atoms with E-state index in [0.717, 1.165) is 18.0 Å². The third-order valence-corrected chi connectivity index (χ3v) is 3.64. The van der Waals surface area contributed by atoms with E-state index < -0.39 is 0 Å². The van der Waals surface area contributed by atoms with Gasteiger partial charge in [0.2, 0.25) is 0 Å². The second-order valence-electron chi connectivity index (χ2n) is 4.90. The molecule has 1 aliphatic rings. The third kappa shape index (κ3) is 3.25. The normalized spacial score (nSPS) is 29.8. The maximum atomic E-state index is 3.59. The lowest BCUT2D eigenvalue weighted by atomic mass is 10.0. The van der Waals surface area contributed by atoms with Gasteiger partial charge in [0.25, 0.3) is 0 Å². The number of nitrogens with zero attached hydrogens (tertiary/aromatic N) is 1. The molecule has 3 unspecified atom stereocenters. The molecule has 1 rings (SSSR count). The first-order valence-electron chi connectivity index (χ1n) is 6.08. The van der Waals surface area contributed by atoms with Crippen LogP contribution in [0.1, 0.15) is 40.0 Å². The number of rotatable bonds is 5. The van der Waals surface area contributed by atoms with Gasteiger partial charge in [0.05, 0.1) is 0 Å². The summed E-state index contributed by atoms with van der Waals surface area (Å²) in [6.45, 7) is 9.39. The summed E-state index contributed by atoms with van der Waals surface area (Å²) < 4.78 is 0. The summed E-state index contributed by atoms with van der Waals surface area (Å²) in [5.74, 6) is 0.853. The van der Waals surface area contributed by atoms with Gasteiger partial charge in [-0.2, -0.15) is 0 Å². The Labute approximate surface area is 89.1 Å². The van der Waals surface area contributed by atoms with E-state index in [1.807, 2.05) is 0 Å². The molecular formula is C12H26N2. The summed E-state index contributed by atoms with van der Waals surface area (Å²) in [6, 6.07) is 1.45. The zero-order valence-electron chi connectivity index (χ0n) is 10.2. The molecule has 14 heavy (non-hydrogen) atoms. The molecule has 0 spiro atoms. The van der Waals surface area contributed by atoms with E-state index in [1.54, 1.807) is 0 Å². The van der Waals surface area contributed by atoms with Crippen LogP contribution < -0.4 is 5.32 Å². The van der Waals surface area contributed by atoms with Gasteiger partial charge in [0.15, 0.2) is 0 Å². The molecule has 0 aliphatic carbocycles. The predicted octanol–water partition coefficient (Wildman–Crippen LogP) is 2.10. The Hall–Kier alpha value is -0.0800. The maximum absolute atomic E-state index is 3.59. The zero-order chi connectivity index (χ0) is 10.6. The van der Waals surface area contributed by atoms with Crippen molar-refractivity contribution in [2.45, 2.75) is 52.1 Å². The van der Waals surface area contributed by atoms with Crippen molar-refractivity contribution in [3.05, 3.63) is 0 Å². The molecule has 0 aromatic heterocycles. The van der Waals surface area contributed by atoms with E-state index in [0.29, 0.717) is 0 Å². The van der Waals surface area contributed by atoms with Gasteiger partial charge in [-0.15, -0.1) is 0 Å². The van der Waals surface area contributed by atoms with Crippen molar-refractivity contribution < 1.29 is 0 Å². The van der Waals surface area contributed by atoms with Crippen molar-refractivity contribution in [1.29, 1.82) is 0 Å². The van der Waals surface area contributed by atoms with Crippen molar-refractivity contribution in [3.8, 4) is 0 Å². The van der Waals surface area contributed by atoms with Crippen LogP contribution in [0.3, 0.4) is 0 Å². The first-order valence-corrected chi connectivity index (χ1v) is 6.08. The second-order valence-corrected chi connectivity index (χ2v) is 4.90. The Kier molecular flexibility index (Phi) is 4.90. The van der Waals surface area contributed by atoms with Crippen LogP contribution in [0.25, 0.3) is 0 Å². The first-order chi connectivity index (χ1) is 6.65. The zero-order valence-corrected chi connectivity index (χ0v) is 10.2. The Bertz CT molecular complexity index is 158. The van der Waals surface area contributed by atoms with E-state index in [1.165, 1.54) is 32.4 Å².